The predicted molar refractivity (Wildman–Crippen MR) is 97.0 cm³/mol. The van der Waals surface area contributed by atoms with Crippen LogP contribution in [0.5, 0.6) is 5.75 Å². The molecule has 1 radical (unpaired) electrons. The zero-order valence-corrected chi connectivity index (χ0v) is 19.5. The SMILES string of the molecule is CC(C)(C)[c-]1cccc1.CC(C)c1cccc(C(C)C)c1O.[Cl-].[Cl-].[Ti+3]. The maximum absolute atomic E-state index is 9.93. The van der Waals surface area contributed by atoms with Gasteiger partial charge in [-0.3, -0.25) is 0 Å². The van der Waals surface area contributed by atoms with E-state index in [1.54, 1.807) is 0 Å². The molecule has 0 aliphatic heterocycles. The average Bonchev–Trinajstić information content (AvgIpc) is 2.92. The number of phenolic OH excluding ortho intramolecular Hbond substituents is 1. The van der Waals surface area contributed by atoms with Gasteiger partial charge in [-0.15, -0.1) is 0 Å². The van der Waals surface area contributed by atoms with Gasteiger partial charge < -0.3 is 29.9 Å². The maximum atomic E-state index is 9.93. The van der Waals surface area contributed by atoms with Crippen molar-refractivity contribution in [1.29, 1.82) is 0 Å². The zero-order valence-electron chi connectivity index (χ0n) is 16.4. The van der Waals surface area contributed by atoms with Gasteiger partial charge in [0.05, 0.1) is 0 Å². The van der Waals surface area contributed by atoms with Crippen LogP contribution in [-0.4, -0.2) is 5.11 Å². The van der Waals surface area contributed by atoms with E-state index in [4.69, 9.17) is 0 Å². The molecule has 0 saturated carbocycles. The Morgan fingerprint density at radius 1 is 0.800 bits per heavy atom. The number of halogens is 2. The summed E-state index contributed by atoms with van der Waals surface area (Å²) in [6.45, 7) is 15.1. The van der Waals surface area contributed by atoms with Crippen LogP contribution in [0, 0.1) is 0 Å². The number of phenols is 1. The van der Waals surface area contributed by atoms with E-state index in [0.29, 0.717) is 23.0 Å². The number of hydrogen-bond acceptors (Lipinski definition) is 1. The van der Waals surface area contributed by atoms with E-state index >= 15 is 0 Å². The third kappa shape index (κ3) is 9.24. The Labute approximate surface area is 181 Å². The van der Waals surface area contributed by atoms with Crippen molar-refractivity contribution in [1.82, 2.24) is 0 Å². The molecule has 0 atom stereocenters. The number of hydrogen-bond donors (Lipinski definition) is 1. The van der Waals surface area contributed by atoms with Gasteiger partial charge in [0, 0.05) is 0 Å². The summed E-state index contributed by atoms with van der Waals surface area (Å²) in [5.41, 5.74) is 3.84. The molecule has 1 nitrogen and oxygen atoms in total. The molecule has 0 spiro atoms. The van der Waals surface area contributed by atoms with E-state index in [9.17, 15) is 5.11 Å². The minimum Gasteiger partial charge on any atom is -1.00 e. The quantitative estimate of drug-likeness (QED) is 0.552. The van der Waals surface area contributed by atoms with E-state index < -0.39 is 0 Å². The molecule has 0 heterocycles. The molecule has 2 aromatic carbocycles. The fourth-order valence-corrected chi connectivity index (χ4v) is 2.39. The van der Waals surface area contributed by atoms with Gasteiger partial charge in [-0.1, -0.05) is 72.1 Å². The summed E-state index contributed by atoms with van der Waals surface area (Å²) >= 11 is 0. The fourth-order valence-electron chi connectivity index (χ4n) is 2.39. The number of benzene rings is 1. The fraction of sp³-hybridized carbons (Fsp3) is 0.476. The molecular formula is C21H31Cl2OTi. The number of rotatable bonds is 2. The van der Waals surface area contributed by atoms with E-state index in [2.05, 4.69) is 72.7 Å². The largest absolute Gasteiger partial charge is 3.00 e. The Morgan fingerprint density at radius 3 is 1.40 bits per heavy atom. The topological polar surface area (TPSA) is 20.2 Å². The van der Waals surface area contributed by atoms with Crippen LogP contribution in [0.3, 0.4) is 0 Å². The molecule has 0 unspecified atom stereocenters. The van der Waals surface area contributed by atoms with Crippen molar-refractivity contribution in [3.63, 3.8) is 0 Å². The summed E-state index contributed by atoms with van der Waals surface area (Å²) in [6.07, 6.45) is 0. The van der Waals surface area contributed by atoms with Crippen molar-refractivity contribution >= 4 is 0 Å². The van der Waals surface area contributed by atoms with Crippen molar-refractivity contribution in [3.05, 3.63) is 59.2 Å². The van der Waals surface area contributed by atoms with Gasteiger partial charge in [0.1, 0.15) is 5.75 Å². The summed E-state index contributed by atoms with van der Waals surface area (Å²) in [5, 5.41) is 9.93. The zero-order chi connectivity index (χ0) is 16.9. The van der Waals surface area contributed by atoms with Gasteiger partial charge in [-0.25, -0.2) is 12.1 Å². The molecule has 0 amide bonds. The summed E-state index contributed by atoms with van der Waals surface area (Å²) in [4.78, 5) is 0. The second kappa shape index (κ2) is 12.9. The molecule has 2 rings (SSSR count). The monoisotopic (exact) mass is 417 g/mol. The molecule has 0 fully saturated rings. The molecule has 0 saturated heterocycles. The summed E-state index contributed by atoms with van der Waals surface area (Å²) in [6, 6.07) is 14.5. The van der Waals surface area contributed by atoms with E-state index in [1.807, 2.05) is 18.2 Å². The van der Waals surface area contributed by atoms with Crippen molar-refractivity contribution in [2.24, 2.45) is 0 Å². The van der Waals surface area contributed by atoms with E-state index in [-0.39, 0.29) is 46.5 Å². The molecule has 25 heavy (non-hydrogen) atoms. The molecule has 2 aromatic rings. The molecule has 0 aliphatic rings. The van der Waals surface area contributed by atoms with Crippen LogP contribution in [0.4, 0.5) is 0 Å². The first kappa shape index (κ1) is 29.4. The van der Waals surface area contributed by atoms with E-state index in [1.165, 1.54) is 5.56 Å². The average molecular weight is 418 g/mol. The smallest absolute Gasteiger partial charge is 1.00 e. The molecule has 139 valence electrons. The summed E-state index contributed by atoms with van der Waals surface area (Å²) < 4.78 is 0. The molecule has 0 aromatic heterocycles. The molecule has 0 bridgehead atoms. The minimum absolute atomic E-state index is 0. The Morgan fingerprint density at radius 2 is 1.16 bits per heavy atom. The van der Waals surface area contributed by atoms with Crippen LogP contribution in [0.25, 0.3) is 0 Å². The molecule has 0 aliphatic carbocycles. The van der Waals surface area contributed by atoms with Crippen LogP contribution in [0.15, 0.2) is 42.5 Å². The van der Waals surface area contributed by atoms with Gasteiger partial charge in [-0.05, 0) is 23.0 Å². The Kier molecular flexibility index (Phi) is 15.2. The minimum atomic E-state index is 0. The molecule has 4 heteroatoms. The third-order valence-electron chi connectivity index (χ3n) is 3.87. The van der Waals surface area contributed by atoms with Gasteiger partial charge in [0.15, 0.2) is 0 Å². The summed E-state index contributed by atoms with van der Waals surface area (Å²) in [7, 11) is 0. The van der Waals surface area contributed by atoms with Crippen molar-refractivity contribution in [2.75, 3.05) is 0 Å². The van der Waals surface area contributed by atoms with Crippen molar-refractivity contribution < 1.29 is 51.6 Å². The normalized spacial score (nSPS) is 10.1. The van der Waals surface area contributed by atoms with Gasteiger partial charge in [0.25, 0.3) is 0 Å². The van der Waals surface area contributed by atoms with Gasteiger partial charge in [0.2, 0.25) is 0 Å². The molecule has 1 N–H and O–H groups in total. The number of aromatic hydroxyl groups is 1. The second-order valence-corrected chi connectivity index (χ2v) is 7.52. The second-order valence-electron chi connectivity index (χ2n) is 7.52. The first-order valence-electron chi connectivity index (χ1n) is 8.18. The van der Waals surface area contributed by atoms with Crippen molar-refractivity contribution in [2.45, 2.75) is 65.7 Å². The van der Waals surface area contributed by atoms with Crippen LogP contribution in [0.1, 0.15) is 77.0 Å². The van der Waals surface area contributed by atoms with Gasteiger partial charge >= 0.3 is 21.7 Å². The van der Waals surface area contributed by atoms with Crippen LogP contribution in [-0.2, 0) is 27.1 Å². The Hall–Kier alpha value is -0.336. The maximum Gasteiger partial charge on any atom is 3.00 e. The third-order valence-corrected chi connectivity index (χ3v) is 3.87. The number of para-hydroxylation sites is 1. The first-order chi connectivity index (χ1) is 10.1. The molecular weight excluding hydrogens is 387 g/mol. The van der Waals surface area contributed by atoms with Gasteiger partial charge in [-0.2, -0.15) is 17.7 Å². The van der Waals surface area contributed by atoms with Crippen LogP contribution < -0.4 is 24.8 Å². The Bertz CT molecular complexity index is 544. The predicted octanol–water partition coefficient (Wildman–Crippen LogP) is 0.348. The van der Waals surface area contributed by atoms with Crippen LogP contribution in [0.2, 0.25) is 0 Å². The van der Waals surface area contributed by atoms with E-state index in [0.717, 1.165) is 11.1 Å². The Balaban J connectivity index is -0.000000362. The summed E-state index contributed by atoms with van der Waals surface area (Å²) in [5.74, 6) is 1.25. The first-order valence-corrected chi connectivity index (χ1v) is 8.18. The van der Waals surface area contributed by atoms with Crippen molar-refractivity contribution in [3.8, 4) is 5.75 Å². The van der Waals surface area contributed by atoms with Crippen LogP contribution >= 0.6 is 0 Å². The standard InChI is InChI=1S/C12H18O.C9H13.2ClH.Ti/c1-8(2)10-6-5-7-11(9(3)4)12(10)13;1-9(2,3)8-6-4-5-7-8;;;/h5-9,13H,1-4H3;4-7H,1-3H3;2*1H;/q;-1;;;+3/p-2.